The number of amides is 1. The third kappa shape index (κ3) is 3.76. The number of nitrogens with one attached hydrogen (secondary N) is 1. The second kappa shape index (κ2) is 6.30. The molecule has 1 amide bonds. The van der Waals surface area contributed by atoms with Crippen molar-refractivity contribution < 1.29 is 4.79 Å². The van der Waals surface area contributed by atoms with Gasteiger partial charge in [-0.2, -0.15) is 5.26 Å². The third-order valence-corrected chi connectivity index (χ3v) is 3.41. The summed E-state index contributed by atoms with van der Waals surface area (Å²) >= 11 is 0. The Bertz CT molecular complexity index is 477. The topological polar surface area (TPSA) is 69.0 Å². The smallest absolute Gasteiger partial charge is 0.252 e. The lowest BCUT2D eigenvalue weighted by Gasteiger charge is -2.29. The van der Waals surface area contributed by atoms with Gasteiger partial charge in [-0.05, 0) is 44.5 Å². The Morgan fingerprint density at radius 3 is 3.11 bits per heavy atom. The van der Waals surface area contributed by atoms with Gasteiger partial charge in [-0.25, -0.2) is 4.98 Å². The predicted octanol–water partition coefficient (Wildman–Crippen LogP) is 1.02. The summed E-state index contributed by atoms with van der Waals surface area (Å²) in [4.78, 5) is 18.1. The molecular weight excluding hydrogens is 240 g/mol. The molecule has 1 aliphatic rings. The van der Waals surface area contributed by atoms with Crippen LogP contribution in [0.25, 0.3) is 0 Å². The van der Waals surface area contributed by atoms with Crippen LogP contribution >= 0.6 is 0 Å². The van der Waals surface area contributed by atoms with Crippen LogP contribution in [0.4, 0.5) is 0 Å². The molecule has 1 atom stereocenters. The second-order valence-corrected chi connectivity index (χ2v) is 5.02. The number of nitrogens with zero attached hydrogens (tertiary/aromatic N) is 3. The molecular formula is C14H18N4O. The summed E-state index contributed by atoms with van der Waals surface area (Å²) in [5.41, 5.74) is 0.827. The largest absolute Gasteiger partial charge is 0.352 e. The Balaban J connectivity index is 1.85. The van der Waals surface area contributed by atoms with Crippen LogP contribution < -0.4 is 5.32 Å². The maximum Gasteiger partial charge on any atom is 0.252 e. The molecule has 0 bridgehead atoms. The molecule has 1 aromatic heterocycles. The van der Waals surface area contributed by atoms with Gasteiger partial charge in [0.15, 0.2) is 0 Å². The Morgan fingerprint density at radius 1 is 1.63 bits per heavy atom. The molecule has 5 nitrogen and oxygen atoms in total. The van der Waals surface area contributed by atoms with E-state index >= 15 is 0 Å². The molecule has 19 heavy (non-hydrogen) atoms. The zero-order chi connectivity index (χ0) is 13.7. The lowest BCUT2D eigenvalue weighted by atomic mass is 9.98. The Kier molecular flexibility index (Phi) is 4.48. The van der Waals surface area contributed by atoms with Crippen molar-refractivity contribution in [3.63, 3.8) is 0 Å². The first-order valence-electron chi connectivity index (χ1n) is 6.52. The number of carbonyl (C=O) groups is 1. The van der Waals surface area contributed by atoms with Gasteiger partial charge in [0, 0.05) is 19.3 Å². The SMILES string of the molecule is CN1CCCC(CNC(=O)c2ccc(C#N)nc2)C1. The highest BCUT2D eigenvalue weighted by molar-refractivity contribution is 5.93. The molecule has 1 fully saturated rings. The monoisotopic (exact) mass is 258 g/mol. The minimum Gasteiger partial charge on any atom is -0.352 e. The summed E-state index contributed by atoms with van der Waals surface area (Å²) in [5.74, 6) is 0.402. The summed E-state index contributed by atoms with van der Waals surface area (Å²) in [7, 11) is 2.11. The van der Waals surface area contributed by atoms with Crippen LogP contribution in [0.3, 0.4) is 0 Å². The first-order valence-corrected chi connectivity index (χ1v) is 6.52. The molecule has 0 aliphatic carbocycles. The Labute approximate surface area is 113 Å². The number of carbonyl (C=O) groups excluding carboxylic acids is 1. The van der Waals surface area contributed by atoms with Gasteiger partial charge in [-0.1, -0.05) is 0 Å². The number of hydrogen-bond acceptors (Lipinski definition) is 4. The number of pyridine rings is 1. The molecule has 1 unspecified atom stereocenters. The number of likely N-dealkylation sites (tertiary alicyclic amines) is 1. The van der Waals surface area contributed by atoms with Gasteiger partial charge in [0.2, 0.25) is 0 Å². The Morgan fingerprint density at radius 2 is 2.47 bits per heavy atom. The van der Waals surface area contributed by atoms with Crippen LogP contribution in [0.1, 0.15) is 28.9 Å². The number of piperidine rings is 1. The van der Waals surface area contributed by atoms with E-state index < -0.39 is 0 Å². The highest BCUT2D eigenvalue weighted by Crippen LogP contribution is 2.14. The van der Waals surface area contributed by atoms with Gasteiger partial charge >= 0.3 is 0 Å². The minimum absolute atomic E-state index is 0.120. The lowest BCUT2D eigenvalue weighted by Crippen LogP contribution is -2.39. The van der Waals surface area contributed by atoms with Gasteiger partial charge < -0.3 is 10.2 Å². The maximum atomic E-state index is 11.9. The van der Waals surface area contributed by atoms with E-state index in [4.69, 9.17) is 5.26 Å². The van der Waals surface area contributed by atoms with Gasteiger partial charge in [0.05, 0.1) is 5.56 Å². The number of hydrogen-bond donors (Lipinski definition) is 1. The normalized spacial score (nSPS) is 19.7. The van der Waals surface area contributed by atoms with E-state index in [1.807, 2.05) is 6.07 Å². The average molecular weight is 258 g/mol. The first kappa shape index (κ1) is 13.5. The number of aromatic nitrogens is 1. The number of nitriles is 1. The molecule has 2 heterocycles. The molecule has 2 rings (SSSR count). The standard InChI is InChI=1S/C14H18N4O/c1-18-6-2-3-11(10-18)8-17-14(19)12-4-5-13(7-15)16-9-12/h4-5,9,11H,2-3,6,8,10H2,1H3,(H,17,19). The molecule has 0 aromatic carbocycles. The van der Waals surface area contributed by atoms with Gasteiger partial charge in [-0.3, -0.25) is 4.79 Å². The predicted molar refractivity (Wildman–Crippen MR) is 71.5 cm³/mol. The molecule has 0 saturated carbocycles. The van der Waals surface area contributed by atoms with Crippen LogP contribution in [-0.4, -0.2) is 42.5 Å². The fourth-order valence-corrected chi connectivity index (χ4v) is 2.37. The molecule has 1 saturated heterocycles. The van der Waals surface area contributed by atoms with Crippen LogP contribution in [0.2, 0.25) is 0 Å². The molecule has 0 radical (unpaired) electrons. The third-order valence-electron chi connectivity index (χ3n) is 3.41. The van der Waals surface area contributed by atoms with Crippen molar-refractivity contribution >= 4 is 5.91 Å². The molecule has 100 valence electrons. The van der Waals surface area contributed by atoms with Crippen molar-refractivity contribution in [1.82, 2.24) is 15.2 Å². The van der Waals surface area contributed by atoms with E-state index in [-0.39, 0.29) is 5.91 Å². The van der Waals surface area contributed by atoms with Crippen molar-refractivity contribution in [2.75, 3.05) is 26.7 Å². The zero-order valence-electron chi connectivity index (χ0n) is 11.1. The summed E-state index contributed by atoms with van der Waals surface area (Å²) in [6, 6.07) is 5.12. The zero-order valence-corrected chi connectivity index (χ0v) is 11.1. The van der Waals surface area contributed by atoms with Crippen molar-refractivity contribution in [2.45, 2.75) is 12.8 Å². The van der Waals surface area contributed by atoms with E-state index in [0.29, 0.717) is 23.7 Å². The fourth-order valence-electron chi connectivity index (χ4n) is 2.37. The van der Waals surface area contributed by atoms with E-state index in [0.717, 1.165) is 19.5 Å². The summed E-state index contributed by atoms with van der Waals surface area (Å²) in [6.45, 7) is 2.87. The molecule has 1 N–H and O–H groups in total. The maximum absolute atomic E-state index is 11.9. The van der Waals surface area contributed by atoms with E-state index in [9.17, 15) is 4.79 Å². The highest BCUT2D eigenvalue weighted by Gasteiger charge is 2.18. The van der Waals surface area contributed by atoms with Crippen LogP contribution in [0.5, 0.6) is 0 Å². The highest BCUT2D eigenvalue weighted by atomic mass is 16.1. The number of rotatable bonds is 3. The van der Waals surface area contributed by atoms with Crippen LogP contribution in [-0.2, 0) is 0 Å². The van der Waals surface area contributed by atoms with Gasteiger partial charge in [0.1, 0.15) is 11.8 Å². The van der Waals surface area contributed by atoms with Gasteiger partial charge in [-0.15, -0.1) is 0 Å². The minimum atomic E-state index is -0.120. The summed E-state index contributed by atoms with van der Waals surface area (Å²) in [5, 5.41) is 11.6. The van der Waals surface area contributed by atoms with E-state index in [2.05, 4.69) is 22.2 Å². The molecule has 1 aromatic rings. The van der Waals surface area contributed by atoms with Crippen LogP contribution in [0, 0.1) is 17.2 Å². The van der Waals surface area contributed by atoms with Crippen molar-refractivity contribution in [3.05, 3.63) is 29.6 Å². The second-order valence-electron chi connectivity index (χ2n) is 5.02. The summed E-state index contributed by atoms with van der Waals surface area (Å²) in [6.07, 6.45) is 3.80. The quantitative estimate of drug-likeness (QED) is 0.879. The van der Waals surface area contributed by atoms with Crippen LogP contribution in [0.15, 0.2) is 18.3 Å². The van der Waals surface area contributed by atoms with Crippen molar-refractivity contribution in [2.24, 2.45) is 5.92 Å². The van der Waals surface area contributed by atoms with E-state index in [1.54, 1.807) is 12.1 Å². The molecule has 1 aliphatic heterocycles. The summed E-state index contributed by atoms with van der Waals surface area (Å²) < 4.78 is 0. The van der Waals surface area contributed by atoms with Gasteiger partial charge in [0.25, 0.3) is 5.91 Å². The van der Waals surface area contributed by atoms with E-state index in [1.165, 1.54) is 12.6 Å². The van der Waals surface area contributed by atoms with Crippen molar-refractivity contribution in [3.8, 4) is 6.07 Å². The molecule has 5 heteroatoms. The lowest BCUT2D eigenvalue weighted by molar-refractivity contribution is 0.0936. The fraction of sp³-hybridized carbons (Fsp3) is 0.500. The van der Waals surface area contributed by atoms with Crippen molar-refractivity contribution in [1.29, 1.82) is 5.26 Å². The first-order chi connectivity index (χ1) is 9.19. The molecule has 0 spiro atoms. The average Bonchev–Trinajstić information content (AvgIpc) is 2.45. The Hall–Kier alpha value is -1.93.